The lowest BCUT2D eigenvalue weighted by molar-refractivity contribution is -0.146. The molecule has 3 rings (SSSR count). The van der Waals surface area contributed by atoms with E-state index < -0.39 is 46.4 Å². The van der Waals surface area contributed by atoms with Gasteiger partial charge in [0.05, 0.1) is 11.1 Å². The molecule has 0 unspecified atom stereocenters. The highest BCUT2D eigenvalue weighted by atomic mass is 19.4. The molecule has 1 fully saturated rings. The van der Waals surface area contributed by atoms with Crippen molar-refractivity contribution in [3.63, 3.8) is 0 Å². The predicted molar refractivity (Wildman–Crippen MR) is 92.4 cm³/mol. The quantitative estimate of drug-likeness (QED) is 0.352. The second kappa shape index (κ2) is 7.34. The van der Waals surface area contributed by atoms with Gasteiger partial charge in [0.2, 0.25) is 23.1 Å². The molecule has 28 heavy (non-hydrogen) atoms. The zero-order valence-corrected chi connectivity index (χ0v) is 14.3. The number of carbonyl (C=O) groups is 4. The third-order valence-corrected chi connectivity index (χ3v) is 4.42. The maximum absolute atomic E-state index is 12.6. The van der Waals surface area contributed by atoms with E-state index in [-0.39, 0.29) is 12.0 Å². The summed E-state index contributed by atoms with van der Waals surface area (Å²) >= 11 is 0. The number of Topliss-reactive ketones (excluding diaryl/α,β-unsaturated/α-hetero) is 4. The van der Waals surface area contributed by atoms with Crippen LogP contribution in [0.2, 0.25) is 0 Å². The third-order valence-electron chi connectivity index (χ3n) is 4.42. The molecule has 0 aromatic heterocycles. The lowest BCUT2D eigenvalue weighted by Gasteiger charge is -2.19. The van der Waals surface area contributed by atoms with Gasteiger partial charge in [-0.2, -0.15) is 13.2 Å². The summed E-state index contributed by atoms with van der Waals surface area (Å²) in [6.07, 6.45) is -3.43. The fourth-order valence-corrected chi connectivity index (χ4v) is 2.93. The Labute approximate surface area is 157 Å². The molecular weight excluding hydrogens is 373 g/mol. The van der Waals surface area contributed by atoms with E-state index in [0.29, 0.717) is 5.56 Å². The molecule has 0 bridgehead atoms. The molecule has 0 N–H and O–H groups in total. The van der Waals surface area contributed by atoms with E-state index in [9.17, 15) is 32.3 Å². The van der Waals surface area contributed by atoms with Gasteiger partial charge >= 0.3 is 6.18 Å². The van der Waals surface area contributed by atoms with E-state index >= 15 is 0 Å². The molecule has 142 valence electrons. The fraction of sp³-hybridized carbons (Fsp3) is 0.143. The fourth-order valence-electron chi connectivity index (χ4n) is 2.93. The highest BCUT2D eigenvalue weighted by Crippen LogP contribution is 2.30. The Morgan fingerprint density at radius 1 is 0.786 bits per heavy atom. The summed E-state index contributed by atoms with van der Waals surface area (Å²) < 4.78 is 37.8. The van der Waals surface area contributed by atoms with Crippen LogP contribution in [0, 0.1) is 0 Å². The normalized spacial score (nSPS) is 17.8. The van der Waals surface area contributed by atoms with Gasteiger partial charge in [-0.25, -0.2) is 0 Å². The Balaban J connectivity index is 1.83. The van der Waals surface area contributed by atoms with Crippen LogP contribution in [0.25, 0.3) is 0 Å². The maximum atomic E-state index is 12.6. The minimum Gasteiger partial charge on any atom is -0.289 e. The number of ketones is 4. The van der Waals surface area contributed by atoms with Crippen molar-refractivity contribution in [1.82, 2.24) is 0 Å². The van der Waals surface area contributed by atoms with Crippen LogP contribution in [0.5, 0.6) is 0 Å². The molecule has 1 aliphatic carbocycles. The first-order valence-electron chi connectivity index (χ1n) is 8.28. The van der Waals surface area contributed by atoms with Crippen molar-refractivity contribution in [2.24, 2.45) is 0 Å². The summed E-state index contributed by atoms with van der Waals surface area (Å²) in [5.74, 6) is -5.57. The van der Waals surface area contributed by atoms with Gasteiger partial charge in [0.25, 0.3) is 0 Å². The van der Waals surface area contributed by atoms with Crippen LogP contribution in [-0.4, -0.2) is 23.1 Å². The van der Waals surface area contributed by atoms with Gasteiger partial charge in [-0.1, -0.05) is 48.5 Å². The van der Waals surface area contributed by atoms with Gasteiger partial charge in [0.15, 0.2) is 0 Å². The van der Waals surface area contributed by atoms with E-state index in [1.54, 1.807) is 18.2 Å². The molecule has 7 heteroatoms. The summed E-state index contributed by atoms with van der Waals surface area (Å²) in [6.45, 7) is 0. The second-order valence-corrected chi connectivity index (χ2v) is 6.25. The number of halogens is 3. The van der Waals surface area contributed by atoms with Crippen LogP contribution in [0.3, 0.4) is 0 Å². The van der Waals surface area contributed by atoms with E-state index in [4.69, 9.17) is 0 Å². The van der Waals surface area contributed by atoms with Crippen LogP contribution in [0.15, 0.2) is 66.2 Å². The summed E-state index contributed by atoms with van der Waals surface area (Å²) in [7, 11) is 0. The molecule has 2 aromatic carbocycles. The van der Waals surface area contributed by atoms with Crippen molar-refractivity contribution in [2.75, 3.05) is 0 Å². The monoisotopic (exact) mass is 386 g/mol. The van der Waals surface area contributed by atoms with Crippen LogP contribution in [-0.2, 0) is 31.8 Å². The highest BCUT2D eigenvalue weighted by molar-refractivity contribution is 6.69. The van der Waals surface area contributed by atoms with Crippen molar-refractivity contribution >= 4 is 23.1 Å². The van der Waals surface area contributed by atoms with Gasteiger partial charge in [0.1, 0.15) is 5.92 Å². The summed E-state index contributed by atoms with van der Waals surface area (Å²) in [5.41, 5.74) is -0.709. The topological polar surface area (TPSA) is 68.3 Å². The van der Waals surface area contributed by atoms with Crippen LogP contribution >= 0.6 is 0 Å². The average molecular weight is 386 g/mol. The van der Waals surface area contributed by atoms with Gasteiger partial charge in [-0.3, -0.25) is 19.2 Å². The first-order chi connectivity index (χ1) is 13.2. The molecule has 0 amide bonds. The van der Waals surface area contributed by atoms with Gasteiger partial charge in [0, 0.05) is 0 Å². The number of allylic oxidation sites excluding steroid dienone is 2. The Hall–Kier alpha value is -3.35. The Morgan fingerprint density at radius 3 is 1.82 bits per heavy atom. The number of benzene rings is 2. The zero-order valence-electron chi connectivity index (χ0n) is 14.3. The molecule has 0 heterocycles. The van der Waals surface area contributed by atoms with Crippen LogP contribution < -0.4 is 0 Å². The molecule has 0 spiro atoms. The van der Waals surface area contributed by atoms with E-state index in [2.05, 4.69) is 0 Å². The standard InChI is InChI=1S/C21H13F3O4/c22-21(23,24)14-9-6-12(7-10-14)8-11-15-17(25)19(27)16(20(28)18(15)26)13-4-2-1-3-5-13/h1-7,9-11,16H,8H2. The molecule has 0 aliphatic heterocycles. The summed E-state index contributed by atoms with van der Waals surface area (Å²) in [6, 6.07) is 12.0. The number of alkyl halides is 3. The van der Waals surface area contributed by atoms with Crippen molar-refractivity contribution in [3.05, 3.63) is 82.9 Å². The van der Waals surface area contributed by atoms with Crippen molar-refractivity contribution in [2.45, 2.75) is 18.5 Å². The SMILES string of the molecule is O=C1C(=O)C(c2ccccc2)C(=O)C(=O)C1=CCc1ccc(C(F)(F)F)cc1. The Kier molecular flexibility index (Phi) is 5.09. The van der Waals surface area contributed by atoms with Crippen LogP contribution in [0.4, 0.5) is 13.2 Å². The van der Waals surface area contributed by atoms with E-state index in [1.807, 2.05) is 0 Å². The van der Waals surface area contributed by atoms with Gasteiger partial charge in [-0.15, -0.1) is 0 Å². The Morgan fingerprint density at radius 2 is 1.32 bits per heavy atom. The predicted octanol–water partition coefficient (Wildman–Crippen LogP) is 3.25. The number of hydrogen-bond acceptors (Lipinski definition) is 4. The lowest BCUT2D eigenvalue weighted by atomic mass is 9.77. The Bertz CT molecular complexity index is 957. The minimum atomic E-state index is -4.47. The van der Waals surface area contributed by atoms with Crippen molar-refractivity contribution in [1.29, 1.82) is 0 Å². The van der Waals surface area contributed by atoms with E-state index in [0.717, 1.165) is 18.2 Å². The first kappa shape index (κ1) is 19.4. The average Bonchev–Trinajstić information content (AvgIpc) is 2.67. The summed E-state index contributed by atoms with van der Waals surface area (Å²) in [4.78, 5) is 49.4. The zero-order chi connectivity index (χ0) is 20.5. The first-order valence-corrected chi connectivity index (χ1v) is 8.28. The van der Waals surface area contributed by atoms with Gasteiger partial charge in [-0.05, 0) is 29.7 Å². The molecular formula is C21H13F3O4. The van der Waals surface area contributed by atoms with E-state index in [1.165, 1.54) is 24.3 Å². The molecule has 2 aromatic rings. The summed E-state index contributed by atoms with van der Waals surface area (Å²) in [5, 5.41) is 0. The van der Waals surface area contributed by atoms with Crippen LogP contribution in [0.1, 0.15) is 22.6 Å². The molecule has 1 saturated carbocycles. The molecule has 4 nitrogen and oxygen atoms in total. The largest absolute Gasteiger partial charge is 0.416 e. The minimum absolute atomic E-state index is 0.0679. The van der Waals surface area contributed by atoms with Gasteiger partial charge < -0.3 is 0 Å². The number of rotatable bonds is 3. The molecule has 1 aliphatic rings. The maximum Gasteiger partial charge on any atom is 0.416 e. The van der Waals surface area contributed by atoms with Crippen molar-refractivity contribution in [3.8, 4) is 0 Å². The molecule has 0 saturated heterocycles. The number of carbonyl (C=O) groups excluding carboxylic acids is 4. The smallest absolute Gasteiger partial charge is 0.289 e. The second-order valence-electron chi connectivity index (χ2n) is 6.25. The highest BCUT2D eigenvalue weighted by Gasteiger charge is 2.45. The molecule has 0 radical (unpaired) electrons. The van der Waals surface area contributed by atoms with Crippen molar-refractivity contribution < 1.29 is 32.3 Å². The molecule has 0 atom stereocenters. The third kappa shape index (κ3) is 3.69. The number of hydrogen-bond donors (Lipinski definition) is 0. The lowest BCUT2D eigenvalue weighted by Crippen LogP contribution is -2.42.